The van der Waals surface area contributed by atoms with Gasteiger partial charge in [0.05, 0.1) is 0 Å². The molecule has 5 heteroatoms. The van der Waals surface area contributed by atoms with Crippen LogP contribution in [0.2, 0.25) is 0 Å². The Labute approximate surface area is 121 Å². The molecule has 0 aromatic carbocycles. The fraction of sp³-hybridized carbons (Fsp3) is 0.933. The summed E-state index contributed by atoms with van der Waals surface area (Å²) in [5, 5.41) is 0. The molecule has 2 saturated carbocycles. The Balaban J connectivity index is 1.63. The lowest BCUT2D eigenvalue weighted by atomic mass is 9.87. The van der Waals surface area contributed by atoms with Crippen molar-refractivity contribution in [3.05, 3.63) is 0 Å². The van der Waals surface area contributed by atoms with Crippen LogP contribution in [0.1, 0.15) is 51.4 Å². The quantitative estimate of drug-likeness (QED) is 0.772. The zero-order valence-corrected chi connectivity index (χ0v) is 12.3. The largest absolute Gasteiger partial charge is 0.508 e. The van der Waals surface area contributed by atoms with E-state index >= 15 is 0 Å². The summed E-state index contributed by atoms with van der Waals surface area (Å²) >= 11 is 0. The molecular formula is C15H28N2O3. The van der Waals surface area contributed by atoms with E-state index in [-0.39, 0.29) is 12.2 Å². The fourth-order valence-corrected chi connectivity index (χ4v) is 3.27. The monoisotopic (exact) mass is 284 g/mol. The first-order chi connectivity index (χ1) is 9.71. The van der Waals surface area contributed by atoms with Gasteiger partial charge >= 0.3 is 6.16 Å². The predicted molar refractivity (Wildman–Crippen MR) is 77.2 cm³/mol. The maximum absolute atomic E-state index is 11.8. The Kier molecular flexibility index (Phi) is 6.10. The van der Waals surface area contributed by atoms with E-state index in [1.165, 1.54) is 0 Å². The van der Waals surface area contributed by atoms with Gasteiger partial charge in [0.25, 0.3) is 0 Å². The zero-order chi connectivity index (χ0) is 14.4. The number of nitrogens with two attached hydrogens (primary N) is 2. The van der Waals surface area contributed by atoms with Crippen LogP contribution >= 0.6 is 0 Å². The first-order valence-electron chi connectivity index (χ1n) is 7.98. The predicted octanol–water partition coefficient (Wildman–Crippen LogP) is 2.17. The van der Waals surface area contributed by atoms with Crippen molar-refractivity contribution in [2.24, 2.45) is 23.3 Å². The molecule has 0 atom stereocenters. The van der Waals surface area contributed by atoms with Gasteiger partial charge in [-0.3, -0.25) is 0 Å². The van der Waals surface area contributed by atoms with Crippen LogP contribution in [0.25, 0.3) is 0 Å². The molecule has 5 nitrogen and oxygen atoms in total. The van der Waals surface area contributed by atoms with Gasteiger partial charge in [0.15, 0.2) is 0 Å². The summed E-state index contributed by atoms with van der Waals surface area (Å²) in [5.41, 5.74) is 11.3. The molecule has 0 aromatic rings. The van der Waals surface area contributed by atoms with Crippen LogP contribution in [-0.2, 0) is 9.47 Å². The Bertz CT molecular complexity index is 267. The Hall–Kier alpha value is -0.810. The molecular weight excluding hydrogens is 256 g/mol. The number of rotatable bonds is 4. The van der Waals surface area contributed by atoms with Crippen LogP contribution in [0.3, 0.4) is 0 Å². The van der Waals surface area contributed by atoms with Crippen LogP contribution in [0.15, 0.2) is 0 Å². The Morgan fingerprint density at radius 3 is 1.40 bits per heavy atom. The standard InChI is InChI=1S/C15H28N2O3/c16-9-11-1-5-13(6-2-11)19-15(18)20-14-7-3-12(10-17)4-8-14/h11-14H,1-10,16-17H2. The van der Waals surface area contributed by atoms with Crippen LogP contribution in [0.5, 0.6) is 0 Å². The zero-order valence-electron chi connectivity index (χ0n) is 12.3. The summed E-state index contributed by atoms with van der Waals surface area (Å²) in [6.45, 7) is 1.48. The van der Waals surface area contributed by atoms with Crippen molar-refractivity contribution in [1.82, 2.24) is 0 Å². The lowest BCUT2D eigenvalue weighted by Gasteiger charge is -2.29. The first kappa shape index (κ1) is 15.6. The summed E-state index contributed by atoms with van der Waals surface area (Å²) in [5.74, 6) is 1.19. The maximum Gasteiger partial charge on any atom is 0.508 e. The molecule has 2 aliphatic rings. The molecule has 2 fully saturated rings. The van der Waals surface area contributed by atoms with Crippen LogP contribution in [-0.4, -0.2) is 31.5 Å². The number of ether oxygens (including phenoxy) is 2. The van der Waals surface area contributed by atoms with Gasteiger partial charge in [-0.2, -0.15) is 0 Å². The minimum absolute atomic E-state index is 0.0191. The van der Waals surface area contributed by atoms with Crippen molar-refractivity contribution < 1.29 is 14.3 Å². The Morgan fingerprint density at radius 2 is 1.10 bits per heavy atom. The summed E-state index contributed by atoms with van der Waals surface area (Å²) < 4.78 is 10.8. The van der Waals surface area contributed by atoms with E-state index in [0.717, 1.165) is 64.5 Å². The molecule has 0 saturated heterocycles. The van der Waals surface area contributed by atoms with Crippen LogP contribution < -0.4 is 11.5 Å². The van der Waals surface area contributed by atoms with E-state index in [0.29, 0.717) is 11.8 Å². The number of hydrogen-bond donors (Lipinski definition) is 2. The number of carbonyl (C=O) groups is 1. The normalized spacial score (nSPS) is 34.5. The lowest BCUT2D eigenvalue weighted by molar-refractivity contribution is -0.0252. The second-order valence-corrected chi connectivity index (χ2v) is 6.24. The van der Waals surface area contributed by atoms with Crippen molar-refractivity contribution >= 4 is 6.16 Å². The van der Waals surface area contributed by atoms with Gasteiger partial charge in [-0.1, -0.05) is 0 Å². The van der Waals surface area contributed by atoms with E-state index in [1.54, 1.807) is 0 Å². The van der Waals surface area contributed by atoms with E-state index in [1.807, 2.05) is 0 Å². The summed E-state index contributed by atoms with van der Waals surface area (Å²) in [6.07, 6.45) is 7.41. The molecule has 0 aromatic heterocycles. The lowest BCUT2D eigenvalue weighted by Crippen LogP contribution is -2.31. The summed E-state index contributed by atoms with van der Waals surface area (Å²) in [7, 11) is 0. The number of carbonyl (C=O) groups excluding carboxylic acids is 1. The first-order valence-corrected chi connectivity index (χ1v) is 7.98. The highest BCUT2D eigenvalue weighted by Crippen LogP contribution is 2.28. The highest BCUT2D eigenvalue weighted by Gasteiger charge is 2.27. The molecule has 0 unspecified atom stereocenters. The summed E-state index contributed by atoms with van der Waals surface area (Å²) in [4.78, 5) is 11.8. The third kappa shape index (κ3) is 4.63. The van der Waals surface area contributed by atoms with Gasteiger partial charge in [0.1, 0.15) is 12.2 Å². The molecule has 0 heterocycles. The highest BCUT2D eigenvalue weighted by molar-refractivity contribution is 5.60. The Morgan fingerprint density at radius 1 is 0.750 bits per heavy atom. The summed E-state index contributed by atoms with van der Waals surface area (Å²) in [6, 6.07) is 0. The van der Waals surface area contributed by atoms with Crippen molar-refractivity contribution in [2.45, 2.75) is 63.6 Å². The van der Waals surface area contributed by atoms with E-state index in [2.05, 4.69) is 0 Å². The van der Waals surface area contributed by atoms with Gasteiger partial charge in [0.2, 0.25) is 0 Å². The molecule has 2 rings (SSSR count). The second kappa shape index (κ2) is 7.84. The van der Waals surface area contributed by atoms with Gasteiger partial charge in [0, 0.05) is 0 Å². The molecule has 2 aliphatic carbocycles. The van der Waals surface area contributed by atoms with Gasteiger partial charge in [-0.15, -0.1) is 0 Å². The highest BCUT2D eigenvalue weighted by atomic mass is 16.7. The van der Waals surface area contributed by atoms with Gasteiger partial charge < -0.3 is 20.9 Å². The number of hydrogen-bond acceptors (Lipinski definition) is 5. The van der Waals surface area contributed by atoms with E-state index < -0.39 is 6.16 Å². The van der Waals surface area contributed by atoms with E-state index in [4.69, 9.17) is 20.9 Å². The van der Waals surface area contributed by atoms with Crippen molar-refractivity contribution in [2.75, 3.05) is 13.1 Å². The molecule has 0 aliphatic heterocycles. The molecule has 4 N–H and O–H groups in total. The maximum atomic E-state index is 11.8. The van der Waals surface area contributed by atoms with Crippen molar-refractivity contribution in [1.29, 1.82) is 0 Å². The third-order valence-corrected chi connectivity index (χ3v) is 4.78. The molecule has 20 heavy (non-hydrogen) atoms. The fourth-order valence-electron chi connectivity index (χ4n) is 3.27. The average molecular weight is 284 g/mol. The van der Waals surface area contributed by atoms with Gasteiger partial charge in [-0.05, 0) is 76.3 Å². The molecule has 0 spiro atoms. The van der Waals surface area contributed by atoms with Crippen molar-refractivity contribution in [3.8, 4) is 0 Å². The van der Waals surface area contributed by atoms with Crippen LogP contribution in [0, 0.1) is 11.8 Å². The minimum atomic E-state index is -0.489. The topological polar surface area (TPSA) is 87.6 Å². The average Bonchev–Trinajstić information content (AvgIpc) is 2.49. The molecule has 116 valence electrons. The van der Waals surface area contributed by atoms with E-state index in [9.17, 15) is 4.79 Å². The second-order valence-electron chi connectivity index (χ2n) is 6.24. The van der Waals surface area contributed by atoms with Crippen LogP contribution in [0.4, 0.5) is 4.79 Å². The minimum Gasteiger partial charge on any atom is -0.431 e. The smallest absolute Gasteiger partial charge is 0.431 e. The van der Waals surface area contributed by atoms with Crippen molar-refractivity contribution in [3.63, 3.8) is 0 Å². The molecule has 0 amide bonds. The van der Waals surface area contributed by atoms with Gasteiger partial charge in [-0.25, -0.2) is 4.79 Å². The molecule has 0 radical (unpaired) electrons. The molecule has 0 bridgehead atoms. The SMILES string of the molecule is NCC1CCC(OC(=O)OC2CCC(CN)CC2)CC1. The third-order valence-electron chi connectivity index (χ3n) is 4.78.